The fourth-order valence-corrected chi connectivity index (χ4v) is 4.44. The molecule has 1 N–H and O–H groups in total. The molecule has 4 rings (SSSR count). The molecular formula is C23H14N2O6S. The number of diazo groups is 1. The van der Waals surface area contributed by atoms with Gasteiger partial charge in [-0.3, -0.25) is 4.79 Å². The maximum Gasteiger partial charge on any atom is 0.378 e. The first-order valence-electron chi connectivity index (χ1n) is 9.27. The van der Waals surface area contributed by atoms with E-state index in [0.717, 1.165) is 12.1 Å². The van der Waals surface area contributed by atoms with Crippen molar-refractivity contribution in [3.8, 4) is 17.2 Å². The second-order valence-electron chi connectivity index (χ2n) is 6.78. The highest BCUT2D eigenvalue weighted by molar-refractivity contribution is 7.87. The summed E-state index contributed by atoms with van der Waals surface area (Å²) in [6, 6.07) is 18.2. The first kappa shape index (κ1) is 20.8. The smallest absolute Gasteiger partial charge is 0.378 e. The van der Waals surface area contributed by atoms with Crippen molar-refractivity contribution in [2.45, 2.75) is 4.90 Å². The molecule has 4 aromatic rings. The van der Waals surface area contributed by atoms with E-state index in [-0.39, 0.29) is 38.4 Å². The number of hydrogen-bond acceptors (Lipinski definition) is 7. The molecule has 0 saturated carbocycles. The molecule has 32 heavy (non-hydrogen) atoms. The molecule has 4 aromatic carbocycles. The lowest BCUT2D eigenvalue weighted by Gasteiger charge is -2.16. The van der Waals surface area contributed by atoms with Gasteiger partial charge in [0.15, 0.2) is 10.8 Å². The molecule has 0 bridgehead atoms. The number of hydrogen-bond donors (Lipinski definition) is 1. The molecule has 0 atom stereocenters. The van der Waals surface area contributed by atoms with E-state index in [4.69, 9.17) is 9.58 Å². The number of carbonyl (C=O) groups is 1. The summed E-state index contributed by atoms with van der Waals surface area (Å²) in [5.74, 6) is -1.63. The number of phenols is 1. The second kappa shape index (κ2) is 8.02. The maximum atomic E-state index is 13.1. The summed E-state index contributed by atoms with van der Waals surface area (Å²) >= 11 is 0. The number of phenolic OH excluding ortho intramolecular Hbond substituents is 1. The Balaban J connectivity index is 1.94. The zero-order valence-corrected chi connectivity index (χ0v) is 17.1. The average Bonchev–Trinajstić information content (AvgIpc) is 2.78. The van der Waals surface area contributed by atoms with Crippen molar-refractivity contribution in [2.75, 3.05) is 0 Å². The minimum absolute atomic E-state index is 0.0435. The van der Waals surface area contributed by atoms with E-state index in [9.17, 15) is 23.4 Å². The van der Waals surface area contributed by atoms with Gasteiger partial charge in [-0.2, -0.15) is 8.42 Å². The molecule has 0 unspecified atom stereocenters. The van der Waals surface area contributed by atoms with Crippen LogP contribution >= 0.6 is 0 Å². The molecule has 0 heterocycles. The number of aromatic hydroxyl groups is 1. The molecular weight excluding hydrogens is 432 g/mol. The second-order valence-corrected chi connectivity index (χ2v) is 8.29. The van der Waals surface area contributed by atoms with Crippen LogP contribution < -0.4 is 9.29 Å². The molecule has 8 nitrogen and oxygen atoms in total. The Labute approximate surface area is 182 Å². The molecule has 9 heteroatoms. The fraction of sp³-hybridized carbons (Fsp3) is 0. The van der Waals surface area contributed by atoms with Gasteiger partial charge in [0.1, 0.15) is 16.4 Å². The predicted molar refractivity (Wildman–Crippen MR) is 114 cm³/mol. The number of carbonyl (C=O) groups excluding carboxylic acids is 1. The van der Waals surface area contributed by atoms with Crippen molar-refractivity contribution < 1.29 is 27.6 Å². The number of benzene rings is 4. The highest BCUT2D eigenvalue weighted by Gasteiger charge is 2.25. The Hall–Kier alpha value is -4.42. The Kier molecular flexibility index (Phi) is 5.22. The van der Waals surface area contributed by atoms with Gasteiger partial charge >= 0.3 is 15.8 Å². The summed E-state index contributed by atoms with van der Waals surface area (Å²) in [4.78, 5) is 15.6. The van der Waals surface area contributed by atoms with Crippen molar-refractivity contribution in [1.29, 1.82) is 5.39 Å². The van der Waals surface area contributed by atoms with Gasteiger partial charge in [0.25, 0.3) is 0 Å². The van der Waals surface area contributed by atoms with Crippen molar-refractivity contribution in [1.82, 2.24) is 0 Å². The lowest BCUT2D eigenvalue weighted by molar-refractivity contribution is -0.264. The topological polar surface area (TPSA) is 132 Å². The third-order valence-corrected chi connectivity index (χ3v) is 6.06. The molecule has 158 valence electrons. The Morgan fingerprint density at radius 2 is 1.72 bits per heavy atom. The van der Waals surface area contributed by atoms with E-state index in [2.05, 4.69) is 4.98 Å². The number of fused-ring (bicyclic) bond motifs is 1. The quantitative estimate of drug-likeness (QED) is 0.277. The van der Waals surface area contributed by atoms with Crippen LogP contribution in [0.4, 0.5) is 5.69 Å². The molecule has 0 amide bonds. The highest BCUT2D eigenvalue weighted by Crippen LogP contribution is 2.39. The summed E-state index contributed by atoms with van der Waals surface area (Å²) in [5.41, 5.74) is -0.0905. The van der Waals surface area contributed by atoms with Gasteiger partial charge in [0.05, 0.1) is 0 Å². The van der Waals surface area contributed by atoms with E-state index < -0.39 is 21.7 Å². The Morgan fingerprint density at radius 3 is 2.41 bits per heavy atom. The van der Waals surface area contributed by atoms with Crippen LogP contribution in [0.15, 0.2) is 83.8 Å². The largest absolute Gasteiger partial charge is 0.867 e. The van der Waals surface area contributed by atoms with Crippen LogP contribution in [0.5, 0.6) is 17.2 Å². The highest BCUT2D eigenvalue weighted by atomic mass is 32.2. The van der Waals surface area contributed by atoms with E-state index in [1.807, 2.05) is 0 Å². The summed E-state index contributed by atoms with van der Waals surface area (Å²) in [5, 5.41) is 31.4. The van der Waals surface area contributed by atoms with Crippen molar-refractivity contribution >= 4 is 32.4 Å². The van der Waals surface area contributed by atoms with Crippen LogP contribution in [0.1, 0.15) is 15.9 Å². The Bertz CT molecular complexity index is 1510. The van der Waals surface area contributed by atoms with Gasteiger partial charge in [-0.25, -0.2) is 0 Å². The first-order chi connectivity index (χ1) is 15.3. The normalized spacial score (nSPS) is 11.1. The number of nitrogens with zero attached hydrogens (tertiary/aromatic N) is 2. The molecule has 0 aliphatic heterocycles. The Morgan fingerprint density at radius 1 is 0.969 bits per heavy atom. The zero-order chi connectivity index (χ0) is 22.9. The zero-order valence-electron chi connectivity index (χ0n) is 16.3. The van der Waals surface area contributed by atoms with E-state index >= 15 is 0 Å². The summed E-state index contributed by atoms with van der Waals surface area (Å²) in [7, 11) is -4.45. The lowest BCUT2D eigenvalue weighted by Crippen LogP contribution is -2.12. The molecule has 0 saturated heterocycles. The summed E-state index contributed by atoms with van der Waals surface area (Å²) in [6.07, 6.45) is 0. The van der Waals surface area contributed by atoms with Crippen LogP contribution in [0.2, 0.25) is 0 Å². The van der Waals surface area contributed by atoms with E-state index in [1.54, 1.807) is 30.3 Å². The minimum Gasteiger partial charge on any atom is -0.867 e. The van der Waals surface area contributed by atoms with Crippen molar-refractivity contribution in [2.24, 2.45) is 0 Å². The van der Waals surface area contributed by atoms with Crippen LogP contribution in [0.25, 0.3) is 15.7 Å². The lowest BCUT2D eigenvalue weighted by atomic mass is 9.96. The molecule has 0 aromatic heterocycles. The van der Waals surface area contributed by atoms with E-state index in [1.165, 1.54) is 36.4 Å². The fourth-order valence-electron chi connectivity index (χ4n) is 3.31. The monoisotopic (exact) mass is 446 g/mol. The number of rotatable bonds is 5. The van der Waals surface area contributed by atoms with Gasteiger partial charge in [-0.15, -0.1) is 0 Å². The summed E-state index contributed by atoms with van der Waals surface area (Å²) < 4.78 is 31.1. The van der Waals surface area contributed by atoms with Gasteiger partial charge in [0.2, 0.25) is 5.39 Å². The van der Waals surface area contributed by atoms with E-state index in [0.29, 0.717) is 5.56 Å². The predicted octanol–water partition coefficient (Wildman–Crippen LogP) is 4.10. The third-order valence-electron chi connectivity index (χ3n) is 4.75. The average molecular weight is 446 g/mol. The van der Waals surface area contributed by atoms with Crippen LogP contribution in [0.3, 0.4) is 0 Å². The van der Waals surface area contributed by atoms with Crippen molar-refractivity contribution in [3.05, 3.63) is 95.0 Å². The SMILES string of the molecule is N#[N+]c1ccc2c(S(=O)(=O)Oc3cccc(O)c3)ccc(C(=O)c3ccccc3)c2c1[O-]. The van der Waals surface area contributed by atoms with Gasteiger partial charge in [-0.1, -0.05) is 36.4 Å². The minimum atomic E-state index is -4.45. The molecule has 0 spiro atoms. The third kappa shape index (κ3) is 3.71. The molecule has 0 aliphatic carbocycles. The molecule has 0 aliphatic rings. The molecule has 0 fully saturated rings. The van der Waals surface area contributed by atoms with Gasteiger partial charge in [-0.05, 0) is 41.5 Å². The first-order valence-corrected chi connectivity index (χ1v) is 10.7. The van der Waals surface area contributed by atoms with Gasteiger partial charge in [0, 0.05) is 28.6 Å². The van der Waals surface area contributed by atoms with Crippen LogP contribution in [-0.2, 0) is 10.1 Å². The van der Waals surface area contributed by atoms with Crippen LogP contribution in [0, 0.1) is 5.39 Å². The van der Waals surface area contributed by atoms with Crippen LogP contribution in [-0.4, -0.2) is 19.3 Å². The maximum absolute atomic E-state index is 13.1. The summed E-state index contributed by atoms with van der Waals surface area (Å²) in [6.45, 7) is 0. The van der Waals surface area contributed by atoms with Crippen molar-refractivity contribution in [3.63, 3.8) is 0 Å². The van der Waals surface area contributed by atoms with Gasteiger partial charge < -0.3 is 14.4 Å². The number of ketones is 1. The standard InChI is InChI=1S/C23H14N2O6S/c24-25-19-11-9-17-20(32(29,30)31-16-8-4-7-15(26)13-16)12-10-18(21(17)23(19)28)22(27)14-5-2-1-3-6-14/h1-13H,(H-,26,28). The molecule has 0 radical (unpaired) electrons.